The summed E-state index contributed by atoms with van der Waals surface area (Å²) in [6.07, 6.45) is 1.73. The van der Waals surface area contributed by atoms with Crippen LogP contribution in [-0.4, -0.2) is 25.0 Å². The number of fused-ring (bicyclic) bond motifs is 1. The summed E-state index contributed by atoms with van der Waals surface area (Å²) in [6, 6.07) is 22.8. The third-order valence-electron chi connectivity index (χ3n) is 4.94. The Kier molecular flexibility index (Phi) is 6.14. The predicted molar refractivity (Wildman–Crippen MR) is 121 cm³/mol. The molecule has 1 aliphatic rings. The van der Waals surface area contributed by atoms with Crippen LogP contribution in [0.3, 0.4) is 0 Å². The average molecular weight is 465 g/mol. The van der Waals surface area contributed by atoms with E-state index in [1.165, 1.54) is 5.56 Å². The molecule has 3 aromatic carbocycles. The van der Waals surface area contributed by atoms with E-state index in [1.54, 1.807) is 35.2 Å². The molecule has 30 heavy (non-hydrogen) atoms. The van der Waals surface area contributed by atoms with Gasteiger partial charge in [0.1, 0.15) is 5.75 Å². The molecule has 0 saturated heterocycles. The molecule has 0 saturated carbocycles. The first-order valence-corrected chi connectivity index (χ1v) is 10.6. The van der Waals surface area contributed by atoms with Gasteiger partial charge in [0.05, 0.1) is 5.69 Å². The Morgan fingerprint density at radius 1 is 1.03 bits per heavy atom. The molecule has 0 fully saturated rings. The van der Waals surface area contributed by atoms with Crippen LogP contribution >= 0.6 is 15.9 Å². The summed E-state index contributed by atoms with van der Waals surface area (Å²) in [7, 11) is 0. The highest BCUT2D eigenvalue weighted by Gasteiger charge is 2.25. The number of hydrogen-bond donors (Lipinski definition) is 1. The number of nitrogens with zero attached hydrogens (tertiary/aromatic N) is 1. The fourth-order valence-corrected chi connectivity index (χ4v) is 3.84. The minimum absolute atomic E-state index is 0.0298. The molecule has 0 spiro atoms. The van der Waals surface area contributed by atoms with E-state index < -0.39 is 0 Å². The summed E-state index contributed by atoms with van der Waals surface area (Å²) in [6.45, 7) is 0.620. The highest BCUT2D eigenvalue weighted by molar-refractivity contribution is 9.10. The first-order valence-electron chi connectivity index (χ1n) is 9.78. The monoisotopic (exact) mass is 464 g/mol. The number of nitrogens with one attached hydrogen (secondary N) is 1. The lowest BCUT2D eigenvalue weighted by Crippen LogP contribution is -2.39. The fraction of sp³-hybridized carbons (Fsp3) is 0.167. The van der Waals surface area contributed by atoms with Gasteiger partial charge in [0.25, 0.3) is 11.8 Å². The van der Waals surface area contributed by atoms with Crippen molar-refractivity contribution in [2.24, 2.45) is 0 Å². The van der Waals surface area contributed by atoms with Gasteiger partial charge in [0.2, 0.25) is 0 Å². The van der Waals surface area contributed by atoms with Crippen LogP contribution in [0.4, 0.5) is 11.4 Å². The molecule has 0 aliphatic carbocycles. The third kappa shape index (κ3) is 4.71. The Hall–Kier alpha value is -3.12. The summed E-state index contributed by atoms with van der Waals surface area (Å²) < 4.78 is 6.42. The summed E-state index contributed by atoms with van der Waals surface area (Å²) in [4.78, 5) is 26.8. The molecular weight excluding hydrogens is 444 g/mol. The number of halogens is 1. The highest BCUT2D eigenvalue weighted by atomic mass is 79.9. The van der Waals surface area contributed by atoms with Crippen molar-refractivity contribution in [1.82, 2.24) is 0 Å². The zero-order chi connectivity index (χ0) is 20.9. The summed E-state index contributed by atoms with van der Waals surface area (Å²) in [5, 5.41) is 2.90. The number of carbonyl (C=O) groups excluding carboxylic acids is 2. The van der Waals surface area contributed by atoms with Crippen molar-refractivity contribution in [2.75, 3.05) is 23.4 Å². The van der Waals surface area contributed by atoms with Gasteiger partial charge in [-0.2, -0.15) is 0 Å². The van der Waals surface area contributed by atoms with E-state index in [0.717, 1.165) is 17.3 Å². The summed E-state index contributed by atoms with van der Waals surface area (Å²) in [5.74, 6) is 0.357. The van der Waals surface area contributed by atoms with Crippen molar-refractivity contribution >= 4 is 39.1 Å². The lowest BCUT2D eigenvalue weighted by Gasteiger charge is -2.30. The Morgan fingerprint density at radius 3 is 2.67 bits per heavy atom. The van der Waals surface area contributed by atoms with Gasteiger partial charge in [-0.1, -0.05) is 52.3 Å². The predicted octanol–water partition coefficient (Wildman–Crippen LogP) is 5.06. The van der Waals surface area contributed by atoms with Crippen molar-refractivity contribution in [2.45, 2.75) is 12.8 Å². The Morgan fingerprint density at radius 2 is 1.87 bits per heavy atom. The van der Waals surface area contributed by atoms with Crippen LogP contribution in [-0.2, 0) is 11.2 Å². The van der Waals surface area contributed by atoms with Gasteiger partial charge < -0.3 is 15.0 Å². The minimum atomic E-state index is -0.213. The van der Waals surface area contributed by atoms with Gasteiger partial charge in [-0.3, -0.25) is 9.59 Å². The number of amides is 2. The first-order chi connectivity index (χ1) is 14.6. The summed E-state index contributed by atoms with van der Waals surface area (Å²) in [5.41, 5.74) is 3.10. The molecule has 4 rings (SSSR count). The lowest BCUT2D eigenvalue weighted by atomic mass is 10.1. The second-order valence-corrected chi connectivity index (χ2v) is 7.99. The Labute approximate surface area is 183 Å². The molecule has 0 radical (unpaired) electrons. The molecule has 0 bridgehead atoms. The van der Waals surface area contributed by atoms with Crippen LogP contribution in [0.5, 0.6) is 5.75 Å². The topological polar surface area (TPSA) is 58.6 Å². The molecule has 0 aromatic heterocycles. The van der Waals surface area contributed by atoms with Crippen molar-refractivity contribution < 1.29 is 14.3 Å². The minimum Gasteiger partial charge on any atom is -0.482 e. The fourth-order valence-electron chi connectivity index (χ4n) is 3.44. The highest BCUT2D eigenvalue weighted by Crippen LogP contribution is 2.35. The molecule has 5 nitrogen and oxygen atoms in total. The standard InChI is InChI=1S/C24H21BrN2O3/c25-19-10-4-9-18(14-19)24(29)26-20-11-12-22-21(15-20)27(23(28)16-30-22)13-5-8-17-6-2-1-3-7-17/h1-4,6-7,9-12,14-15H,5,8,13,16H2,(H,26,29). The molecular formula is C24H21BrN2O3. The second kappa shape index (κ2) is 9.13. The van der Waals surface area contributed by atoms with E-state index in [0.29, 0.717) is 29.2 Å². The summed E-state index contributed by atoms with van der Waals surface area (Å²) >= 11 is 3.38. The number of anilines is 2. The maximum Gasteiger partial charge on any atom is 0.265 e. The molecule has 3 aromatic rings. The van der Waals surface area contributed by atoms with E-state index in [2.05, 4.69) is 33.4 Å². The normalized spacial score (nSPS) is 12.8. The molecule has 1 aliphatic heterocycles. The average Bonchev–Trinajstić information content (AvgIpc) is 2.76. The number of carbonyl (C=O) groups is 2. The molecule has 0 unspecified atom stereocenters. The quantitative estimate of drug-likeness (QED) is 0.554. The van der Waals surface area contributed by atoms with Crippen molar-refractivity contribution in [3.8, 4) is 5.75 Å². The number of ether oxygens (including phenoxy) is 1. The molecule has 6 heteroatoms. The van der Waals surface area contributed by atoms with Crippen LogP contribution < -0.4 is 15.0 Å². The van der Waals surface area contributed by atoms with Gasteiger partial charge in [-0.05, 0) is 54.8 Å². The van der Waals surface area contributed by atoms with Crippen LogP contribution in [0.2, 0.25) is 0 Å². The SMILES string of the molecule is O=C(Nc1ccc2c(c1)N(CCCc1ccccc1)C(=O)CO2)c1cccc(Br)c1. The number of benzene rings is 3. The van der Waals surface area contributed by atoms with Crippen LogP contribution in [0.1, 0.15) is 22.3 Å². The zero-order valence-electron chi connectivity index (χ0n) is 16.3. The van der Waals surface area contributed by atoms with Crippen LogP contribution in [0.15, 0.2) is 77.3 Å². The maximum absolute atomic E-state index is 12.6. The van der Waals surface area contributed by atoms with Crippen LogP contribution in [0.25, 0.3) is 0 Å². The molecule has 0 atom stereocenters. The number of rotatable bonds is 6. The Bertz CT molecular complexity index is 1070. The molecule has 152 valence electrons. The van der Waals surface area contributed by atoms with Crippen molar-refractivity contribution in [1.29, 1.82) is 0 Å². The first kappa shape index (κ1) is 20.2. The number of hydrogen-bond acceptors (Lipinski definition) is 3. The van der Waals surface area contributed by atoms with Gasteiger partial charge in [-0.15, -0.1) is 0 Å². The smallest absolute Gasteiger partial charge is 0.265 e. The van der Waals surface area contributed by atoms with E-state index in [9.17, 15) is 9.59 Å². The Balaban J connectivity index is 1.49. The largest absolute Gasteiger partial charge is 0.482 e. The van der Waals surface area contributed by atoms with Crippen LogP contribution in [0, 0.1) is 0 Å². The van der Waals surface area contributed by atoms with E-state index in [4.69, 9.17) is 4.74 Å². The lowest BCUT2D eigenvalue weighted by molar-refractivity contribution is -0.121. The maximum atomic E-state index is 12.6. The van der Waals surface area contributed by atoms with E-state index in [-0.39, 0.29) is 18.4 Å². The van der Waals surface area contributed by atoms with Gasteiger partial charge >= 0.3 is 0 Å². The molecule has 2 amide bonds. The zero-order valence-corrected chi connectivity index (χ0v) is 17.9. The van der Waals surface area contributed by atoms with E-state index in [1.807, 2.05) is 30.3 Å². The van der Waals surface area contributed by atoms with Gasteiger partial charge in [-0.25, -0.2) is 0 Å². The third-order valence-corrected chi connectivity index (χ3v) is 5.43. The van der Waals surface area contributed by atoms with E-state index >= 15 is 0 Å². The molecule has 1 N–H and O–H groups in total. The molecule has 1 heterocycles. The number of aryl methyl sites for hydroxylation is 1. The van der Waals surface area contributed by atoms with Gasteiger partial charge in [0, 0.05) is 22.3 Å². The van der Waals surface area contributed by atoms with Crippen molar-refractivity contribution in [3.05, 3.63) is 88.4 Å². The second-order valence-electron chi connectivity index (χ2n) is 7.07. The van der Waals surface area contributed by atoms with Gasteiger partial charge in [0.15, 0.2) is 6.61 Å². The van der Waals surface area contributed by atoms with Crippen molar-refractivity contribution in [3.63, 3.8) is 0 Å².